The van der Waals surface area contributed by atoms with Gasteiger partial charge in [-0.15, -0.1) is 0 Å². The Morgan fingerprint density at radius 2 is 1.04 bits per heavy atom. The van der Waals surface area contributed by atoms with Crippen molar-refractivity contribution in [1.29, 1.82) is 0 Å². The Morgan fingerprint density at radius 1 is 0.560 bits per heavy atom. The van der Waals surface area contributed by atoms with Gasteiger partial charge in [-0.1, -0.05) is 48.5 Å². The van der Waals surface area contributed by atoms with Crippen LogP contribution in [-0.2, 0) is 12.8 Å². The van der Waals surface area contributed by atoms with Crippen molar-refractivity contribution in [2.45, 2.75) is 38.5 Å². The molecule has 3 N–H and O–H groups in total. The van der Waals surface area contributed by atoms with Gasteiger partial charge in [-0.25, -0.2) is 19.0 Å². The number of ketones is 2. The molecular weight excluding hydrogens is 1020 g/mol. The number of nitrogens with one attached hydrogen (secondary N) is 1. The number of ether oxygens (including phenoxy) is 4. The first-order chi connectivity index (χ1) is 36.6. The molecule has 8 heterocycles. The fraction of sp³-hybridized carbons (Fsp3) is 0.179. The molecule has 0 aliphatic rings. The van der Waals surface area contributed by atoms with Crippen LogP contribution in [0, 0.1) is 0 Å². The number of methoxy groups -OCH3 is 4. The number of aromatic nitrogens is 10. The van der Waals surface area contributed by atoms with Gasteiger partial charge < -0.3 is 30.0 Å². The van der Waals surface area contributed by atoms with Crippen LogP contribution in [-0.4, -0.2) is 89.1 Å². The second-order valence-electron chi connectivity index (χ2n) is 16.7. The Balaban J connectivity index is 0.000000171. The third-order valence-electron chi connectivity index (χ3n) is 11.8. The van der Waals surface area contributed by atoms with Crippen LogP contribution in [0.1, 0.15) is 57.5 Å². The number of carbonyl (C=O) groups is 2. The van der Waals surface area contributed by atoms with Crippen LogP contribution in [0.15, 0.2) is 164 Å². The molecule has 0 spiro atoms. The highest BCUT2D eigenvalue weighted by Crippen LogP contribution is 2.32. The normalized spacial score (nSPS) is 10.7. The topological polar surface area (TPSA) is 221 Å². The number of fused-ring (bicyclic) bond motifs is 2. The van der Waals surface area contributed by atoms with Gasteiger partial charge in [0.25, 0.3) is 11.8 Å². The molecule has 8 aromatic heterocycles. The number of carbonyl (C=O) groups excluding carboxylic acids is 2. The Labute approximate surface area is 441 Å². The van der Waals surface area contributed by atoms with Gasteiger partial charge in [0.05, 0.1) is 38.6 Å². The van der Waals surface area contributed by atoms with Crippen molar-refractivity contribution in [3.05, 3.63) is 186 Å². The van der Waals surface area contributed by atoms with Gasteiger partial charge in [-0.05, 0) is 125 Å². The number of anilines is 3. The van der Waals surface area contributed by atoms with E-state index in [2.05, 4.69) is 61.3 Å². The van der Waals surface area contributed by atoms with Crippen LogP contribution in [0.5, 0.6) is 23.3 Å². The summed E-state index contributed by atoms with van der Waals surface area (Å²) in [7, 11) is 6.18. The minimum absolute atomic E-state index is 0.134. The standard InChI is InChI=1S/C28H26N6O3.C21H17BrN4O.C7H10N2O2/c1-36-25-10-11-26(33-28(25)37-2)32-23-16-22(17-34-27(23)30-18-31-34)20-6-8-21(9-7-20)24(35)5-3-4-19-12-14-29-15-13-19;22-19-12-18(13-26-21(19)24-14-25-26)16-4-6-17(7-5-16)20(27)3-1-2-15-8-10-23-11-9-15;1-10-5-3-4-6(8)9-7(5)11-2/h6-18H,3-5H2,1-2H3,(H,32,33);4-14H,1-3H2;3-4H,1-2H3,(H2,8,9). The molecule has 75 heavy (non-hydrogen) atoms. The summed E-state index contributed by atoms with van der Waals surface area (Å²) in [5.74, 6) is 3.21. The van der Waals surface area contributed by atoms with E-state index in [1.54, 1.807) is 79.4 Å². The number of benzene rings is 2. The summed E-state index contributed by atoms with van der Waals surface area (Å²) in [5, 5.41) is 11.8. The first-order valence-corrected chi connectivity index (χ1v) is 24.5. The van der Waals surface area contributed by atoms with Crippen LogP contribution in [0.4, 0.5) is 17.3 Å². The molecule has 2 aromatic carbocycles. The number of pyridine rings is 6. The van der Waals surface area contributed by atoms with E-state index in [-0.39, 0.29) is 11.6 Å². The maximum Gasteiger partial charge on any atom is 0.258 e. The number of nitrogen functional groups attached to an aromatic ring is 1. The number of aryl methyl sites for hydroxylation is 2. The van der Waals surface area contributed by atoms with Crippen molar-refractivity contribution in [2.75, 3.05) is 39.5 Å². The number of hydrogen-bond donors (Lipinski definition) is 2. The quantitative estimate of drug-likeness (QED) is 0.0763. The third kappa shape index (κ3) is 13.7. The smallest absolute Gasteiger partial charge is 0.258 e. The second kappa shape index (κ2) is 25.5. The lowest BCUT2D eigenvalue weighted by Crippen LogP contribution is -2.01. The maximum atomic E-state index is 12.7. The molecule has 0 radical (unpaired) electrons. The number of nitrogens with two attached hydrogens (primary N) is 1. The molecule has 19 heteroatoms. The maximum absolute atomic E-state index is 12.7. The van der Waals surface area contributed by atoms with E-state index in [0.29, 0.717) is 58.9 Å². The molecule has 380 valence electrons. The molecule has 0 atom stereocenters. The molecule has 0 amide bonds. The van der Waals surface area contributed by atoms with Gasteiger partial charge >= 0.3 is 0 Å². The van der Waals surface area contributed by atoms with E-state index in [4.69, 9.17) is 24.7 Å². The van der Waals surface area contributed by atoms with Crippen molar-refractivity contribution in [3.8, 4) is 45.5 Å². The van der Waals surface area contributed by atoms with Crippen LogP contribution in [0.25, 0.3) is 33.5 Å². The van der Waals surface area contributed by atoms with Crippen LogP contribution in [0.3, 0.4) is 0 Å². The van der Waals surface area contributed by atoms with Crippen LogP contribution >= 0.6 is 15.9 Å². The molecule has 10 rings (SSSR count). The summed E-state index contributed by atoms with van der Waals surface area (Å²) >= 11 is 3.53. The van der Waals surface area contributed by atoms with Gasteiger partial charge in [-0.2, -0.15) is 20.2 Å². The number of halogens is 1. The zero-order chi connectivity index (χ0) is 52.5. The largest absolute Gasteiger partial charge is 0.491 e. The first kappa shape index (κ1) is 52.2. The van der Waals surface area contributed by atoms with Gasteiger partial charge in [0, 0.05) is 72.3 Å². The zero-order valence-electron chi connectivity index (χ0n) is 41.6. The minimum atomic E-state index is 0.134. The van der Waals surface area contributed by atoms with E-state index in [1.807, 2.05) is 97.3 Å². The van der Waals surface area contributed by atoms with Crippen LogP contribution < -0.4 is 30.0 Å². The lowest BCUT2D eigenvalue weighted by Gasteiger charge is -2.12. The molecule has 18 nitrogen and oxygen atoms in total. The molecule has 10 aromatic rings. The predicted octanol–water partition coefficient (Wildman–Crippen LogP) is 10.6. The van der Waals surface area contributed by atoms with Gasteiger partial charge in [0.15, 0.2) is 34.4 Å². The van der Waals surface area contributed by atoms with E-state index < -0.39 is 0 Å². The molecule has 0 bridgehead atoms. The lowest BCUT2D eigenvalue weighted by atomic mass is 10.00. The molecule has 0 saturated heterocycles. The molecule has 0 aliphatic carbocycles. The Morgan fingerprint density at radius 3 is 1.56 bits per heavy atom. The molecule has 0 aliphatic heterocycles. The van der Waals surface area contributed by atoms with Gasteiger partial charge in [0.2, 0.25) is 0 Å². The molecule has 0 unspecified atom stereocenters. The van der Waals surface area contributed by atoms with E-state index in [9.17, 15) is 9.59 Å². The fourth-order valence-electron chi connectivity index (χ4n) is 7.89. The lowest BCUT2D eigenvalue weighted by molar-refractivity contribution is 0.0972. The predicted molar refractivity (Wildman–Crippen MR) is 290 cm³/mol. The van der Waals surface area contributed by atoms with Gasteiger partial charge in [0.1, 0.15) is 24.3 Å². The van der Waals surface area contributed by atoms with E-state index in [0.717, 1.165) is 69.3 Å². The first-order valence-electron chi connectivity index (χ1n) is 23.7. The average Bonchev–Trinajstić information content (AvgIpc) is 4.15. The highest BCUT2D eigenvalue weighted by Gasteiger charge is 2.14. The molecule has 0 fully saturated rings. The fourth-order valence-corrected chi connectivity index (χ4v) is 8.42. The summed E-state index contributed by atoms with van der Waals surface area (Å²) in [6.07, 6.45) is 18.4. The molecule has 0 saturated carbocycles. The summed E-state index contributed by atoms with van der Waals surface area (Å²) in [5.41, 5.74) is 15.3. The SMILES string of the molecule is COc1ccc(N)nc1OC.COc1ccc(Nc2cc(-c3ccc(C(=O)CCCc4ccncc4)cc3)cn3ncnc23)nc1OC.O=C(CCCc1ccncc1)c1ccc(-c2cc(Br)c3ncnn3c2)cc1. The summed E-state index contributed by atoms with van der Waals surface area (Å²) in [4.78, 5) is 50.1. The van der Waals surface area contributed by atoms with Crippen molar-refractivity contribution >= 4 is 56.1 Å². The third-order valence-corrected chi connectivity index (χ3v) is 12.4. The summed E-state index contributed by atoms with van der Waals surface area (Å²) in [6.45, 7) is 0. The summed E-state index contributed by atoms with van der Waals surface area (Å²) < 4.78 is 24.8. The van der Waals surface area contributed by atoms with E-state index in [1.165, 1.54) is 30.9 Å². The molecular formula is C56H53BrN12O6. The van der Waals surface area contributed by atoms with E-state index >= 15 is 0 Å². The highest BCUT2D eigenvalue weighted by atomic mass is 79.9. The van der Waals surface area contributed by atoms with Crippen molar-refractivity contribution in [1.82, 2.24) is 49.1 Å². The van der Waals surface area contributed by atoms with Crippen molar-refractivity contribution in [3.63, 3.8) is 0 Å². The Bertz CT molecular complexity index is 3490. The zero-order valence-corrected chi connectivity index (χ0v) is 43.2. The number of Topliss-reactive ketones (excluding diaryl/α,β-unsaturated/α-hetero) is 2. The monoisotopic (exact) mass is 1070 g/mol. The number of nitrogens with zero attached hydrogens (tertiary/aromatic N) is 10. The number of hydrogen-bond acceptors (Lipinski definition) is 16. The van der Waals surface area contributed by atoms with Crippen molar-refractivity contribution in [2.24, 2.45) is 0 Å². The van der Waals surface area contributed by atoms with Crippen molar-refractivity contribution < 1.29 is 28.5 Å². The average molecular weight is 1070 g/mol. The Hall–Kier alpha value is -9.10. The Kier molecular flexibility index (Phi) is 17.8. The number of rotatable bonds is 18. The highest BCUT2D eigenvalue weighted by molar-refractivity contribution is 9.10. The van der Waals surface area contributed by atoms with Gasteiger partial charge in [-0.3, -0.25) is 19.6 Å². The minimum Gasteiger partial charge on any atom is -0.491 e. The van der Waals surface area contributed by atoms with Crippen LogP contribution in [0.2, 0.25) is 0 Å². The summed E-state index contributed by atoms with van der Waals surface area (Å²) in [6, 6.07) is 34.3. The second-order valence-corrected chi connectivity index (χ2v) is 17.5.